The van der Waals surface area contributed by atoms with Crippen molar-refractivity contribution < 1.29 is 0 Å². The maximum atomic E-state index is 12.7. The molecule has 27 heavy (non-hydrogen) atoms. The molecule has 0 N–H and O–H groups in total. The topological polar surface area (TPSA) is 69.3 Å². The summed E-state index contributed by atoms with van der Waals surface area (Å²) in [6.45, 7) is 5.84. The molecule has 0 aliphatic carbocycles. The molecule has 4 heterocycles. The highest BCUT2D eigenvalue weighted by molar-refractivity contribution is 7.98. The number of aromatic nitrogens is 4. The summed E-state index contributed by atoms with van der Waals surface area (Å²) >= 11 is 2.95. The molecule has 0 bridgehead atoms. The van der Waals surface area contributed by atoms with Gasteiger partial charge in [0.2, 0.25) is 0 Å². The summed E-state index contributed by atoms with van der Waals surface area (Å²) in [5.41, 5.74) is 3.01. The average Bonchev–Trinajstić information content (AvgIpc) is 2.91. The number of aryl methyl sites for hydroxylation is 3. The highest BCUT2D eigenvalue weighted by atomic mass is 32.2. The Balaban J connectivity index is 1.72. The van der Waals surface area contributed by atoms with Gasteiger partial charge in [-0.1, -0.05) is 17.8 Å². The number of fused-ring (bicyclic) bond motifs is 2. The minimum Gasteiger partial charge on any atom is -0.290 e. The molecule has 0 atom stereocenters. The molecular weight excluding hydrogens is 380 g/mol. The molecule has 0 spiro atoms. The first-order valence-electron chi connectivity index (χ1n) is 8.44. The van der Waals surface area contributed by atoms with Crippen LogP contribution in [0, 0.1) is 20.8 Å². The molecule has 4 aromatic heterocycles. The second-order valence-corrected chi connectivity index (χ2v) is 8.60. The van der Waals surface area contributed by atoms with Crippen LogP contribution in [0.2, 0.25) is 0 Å². The van der Waals surface area contributed by atoms with Crippen molar-refractivity contribution in [3.63, 3.8) is 0 Å². The van der Waals surface area contributed by atoms with Crippen LogP contribution in [-0.2, 0) is 12.8 Å². The summed E-state index contributed by atoms with van der Waals surface area (Å²) in [7, 11) is 1.73. The van der Waals surface area contributed by atoms with Gasteiger partial charge in [0.1, 0.15) is 10.5 Å². The van der Waals surface area contributed by atoms with Crippen molar-refractivity contribution >= 4 is 39.0 Å². The predicted molar refractivity (Wildman–Crippen MR) is 110 cm³/mol. The van der Waals surface area contributed by atoms with Gasteiger partial charge in [-0.25, -0.2) is 9.97 Å². The summed E-state index contributed by atoms with van der Waals surface area (Å²) < 4.78 is 3.16. The molecule has 4 rings (SSSR count). The van der Waals surface area contributed by atoms with E-state index in [0.29, 0.717) is 27.6 Å². The Morgan fingerprint density at radius 2 is 1.93 bits per heavy atom. The van der Waals surface area contributed by atoms with Gasteiger partial charge >= 0.3 is 0 Å². The first-order valence-corrected chi connectivity index (χ1v) is 10.2. The normalized spacial score (nSPS) is 11.6. The zero-order valence-corrected chi connectivity index (χ0v) is 17.1. The zero-order chi connectivity index (χ0) is 19.3. The number of nitrogens with zero attached hydrogens (tertiary/aromatic N) is 4. The Morgan fingerprint density at radius 1 is 1.15 bits per heavy atom. The molecule has 138 valence electrons. The van der Waals surface area contributed by atoms with Gasteiger partial charge in [0.25, 0.3) is 11.1 Å². The monoisotopic (exact) mass is 398 g/mol. The second kappa shape index (κ2) is 6.61. The molecule has 0 aromatic carbocycles. The van der Waals surface area contributed by atoms with E-state index in [1.54, 1.807) is 22.1 Å². The van der Waals surface area contributed by atoms with Gasteiger partial charge in [-0.2, -0.15) is 0 Å². The minimum absolute atomic E-state index is 0.0356. The molecule has 0 radical (unpaired) electrons. The van der Waals surface area contributed by atoms with Gasteiger partial charge in [0, 0.05) is 29.4 Å². The van der Waals surface area contributed by atoms with E-state index in [9.17, 15) is 9.59 Å². The van der Waals surface area contributed by atoms with E-state index in [0.717, 1.165) is 21.0 Å². The van der Waals surface area contributed by atoms with Crippen molar-refractivity contribution in [3.05, 3.63) is 66.8 Å². The lowest BCUT2D eigenvalue weighted by Gasteiger charge is -2.08. The first kappa shape index (κ1) is 17.9. The quantitative estimate of drug-likeness (QED) is 0.391. The summed E-state index contributed by atoms with van der Waals surface area (Å²) in [5, 5.41) is 1.32. The molecular formula is C19H18N4O2S2. The smallest absolute Gasteiger partial charge is 0.262 e. The van der Waals surface area contributed by atoms with E-state index in [1.807, 2.05) is 39.0 Å². The first-order chi connectivity index (χ1) is 12.9. The van der Waals surface area contributed by atoms with Crippen LogP contribution in [-0.4, -0.2) is 18.9 Å². The standard InChI is InChI=1S/C19H18N4O2S2/c1-10-6-5-7-14-20-13(8-15(24)23(10)14)9-26-19-21-17-16(18(25)22(19)4)11(2)12(3)27-17/h5-8H,9H2,1-4H3. The molecule has 0 amide bonds. The van der Waals surface area contributed by atoms with Crippen LogP contribution in [0.3, 0.4) is 0 Å². The van der Waals surface area contributed by atoms with Crippen LogP contribution < -0.4 is 11.1 Å². The number of thiophene rings is 1. The predicted octanol–water partition coefficient (Wildman–Crippen LogP) is 3.22. The molecule has 4 aromatic rings. The third-order valence-electron chi connectivity index (χ3n) is 4.65. The van der Waals surface area contributed by atoms with Gasteiger partial charge < -0.3 is 0 Å². The lowest BCUT2D eigenvalue weighted by atomic mass is 10.2. The average molecular weight is 399 g/mol. The van der Waals surface area contributed by atoms with E-state index in [-0.39, 0.29) is 11.1 Å². The van der Waals surface area contributed by atoms with Crippen LogP contribution >= 0.6 is 23.1 Å². The molecule has 0 fully saturated rings. The molecule has 0 unspecified atom stereocenters. The largest absolute Gasteiger partial charge is 0.290 e. The number of thioether (sulfide) groups is 1. The number of hydrogen-bond donors (Lipinski definition) is 0. The van der Waals surface area contributed by atoms with Crippen LogP contribution in [0.5, 0.6) is 0 Å². The van der Waals surface area contributed by atoms with E-state index in [1.165, 1.54) is 23.1 Å². The Hall–Kier alpha value is -2.45. The molecule has 8 heteroatoms. The molecule has 6 nitrogen and oxygen atoms in total. The van der Waals surface area contributed by atoms with Crippen molar-refractivity contribution in [1.82, 2.24) is 18.9 Å². The highest BCUT2D eigenvalue weighted by Gasteiger charge is 2.15. The fourth-order valence-electron chi connectivity index (χ4n) is 3.06. The highest BCUT2D eigenvalue weighted by Crippen LogP contribution is 2.28. The van der Waals surface area contributed by atoms with Crippen LogP contribution in [0.15, 0.2) is 39.0 Å². The van der Waals surface area contributed by atoms with Crippen molar-refractivity contribution in [2.45, 2.75) is 31.7 Å². The third kappa shape index (κ3) is 2.98. The SMILES string of the molecule is Cc1sc2nc(SCc3cc(=O)n4c(C)cccc4n3)n(C)c(=O)c2c1C. The summed E-state index contributed by atoms with van der Waals surface area (Å²) in [6, 6.07) is 7.13. The summed E-state index contributed by atoms with van der Waals surface area (Å²) in [4.78, 5) is 36.2. The van der Waals surface area contributed by atoms with Crippen LogP contribution in [0.1, 0.15) is 21.8 Å². The van der Waals surface area contributed by atoms with Crippen LogP contribution in [0.4, 0.5) is 0 Å². The fourth-order valence-corrected chi connectivity index (χ4v) is 5.00. The Labute approximate surface area is 163 Å². The van der Waals surface area contributed by atoms with Crippen molar-refractivity contribution in [2.75, 3.05) is 0 Å². The van der Waals surface area contributed by atoms with Gasteiger partial charge in [-0.3, -0.25) is 18.6 Å². The summed E-state index contributed by atoms with van der Waals surface area (Å²) in [6.07, 6.45) is 0. The van der Waals surface area contributed by atoms with Gasteiger partial charge in [-0.05, 0) is 38.5 Å². The molecule has 0 aliphatic rings. The van der Waals surface area contributed by atoms with Gasteiger partial charge in [-0.15, -0.1) is 11.3 Å². The Bertz CT molecular complexity index is 1320. The zero-order valence-electron chi connectivity index (χ0n) is 15.4. The second-order valence-electron chi connectivity index (χ2n) is 6.46. The Morgan fingerprint density at radius 3 is 2.70 bits per heavy atom. The van der Waals surface area contributed by atoms with E-state index in [4.69, 9.17) is 0 Å². The molecule has 0 saturated carbocycles. The van der Waals surface area contributed by atoms with Gasteiger partial charge in [0.15, 0.2) is 5.16 Å². The number of rotatable bonds is 3. The lowest BCUT2D eigenvalue weighted by Crippen LogP contribution is -2.20. The molecule has 0 saturated heterocycles. The lowest BCUT2D eigenvalue weighted by molar-refractivity contribution is 0.727. The number of hydrogen-bond acceptors (Lipinski definition) is 6. The maximum Gasteiger partial charge on any atom is 0.262 e. The van der Waals surface area contributed by atoms with E-state index >= 15 is 0 Å². The molecule has 0 aliphatic heterocycles. The van der Waals surface area contributed by atoms with Crippen molar-refractivity contribution in [2.24, 2.45) is 7.05 Å². The van der Waals surface area contributed by atoms with E-state index < -0.39 is 0 Å². The van der Waals surface area contributed by atoms with E-state index in [2.05, 4.69) is 9.97 Å². The third-order valence-corrected chi connectivity index (χ3v) is 6.82. The van der Waals surface area contributed by atoms with Crippen molar-refractivity contribution in [3.8, 4) is 0 Å². The van der Waals surface area contributed by atoms with Gasteiger partial charge in [0.05, 0.1) is 11.1 Å². The van der Waals surface area contributed by atoms with Crippen molar-refractivity contribution in [1.29, 1.82) is 0 Å². The van der Waals surface area contributed by atoms with Crippen LogP contribution in [0.25, 0.3) is 15.9 Å². The summed E-state index contributed by atoms with van der Waals surface area (Å²) in [5.74, 6) is 0.467. The number of pyridine rings is 1. The minimum atomic E-state index is -0.101. The fraction of sp³-hybridized carbons (Fsp3) is 0.263. The maximum absolute atomic E-state index is 12.7. The Kier molecular flexibility index (Phi) is 4.39.